The second-order valence-electron chi connectivity index (χ2n) is 8.01. The van der Waals surface area contributed by atoms with Gasteiger partial charge in [-0.15, -0.1) is 13.2 Å². The highest BCUT2D eigenvalue weighted by molar-refractivity contribution is 5.91. The van der Waals surface area contributed by atoms with Crippen molar-refractivity contribution in [2.75, 3.05) is 5.32 Å². The van der Waals surface area contributed by atoms with Crippen molar-refractivity contribution >= 4 is 17.7 Å². The third-order valence-corrected chi connectivity index (χ3v) is 5.30. The van der Waals surface area contributed by atoms with Crippen molar-refractivity contribution in [2.45, 2.75) is 25.7 Å². The molecule has 4 N–H and O–H groups in total. The Kier molecular flexibility index (Phi) is 7.75. The fraction of sp³-hybridized carbons (Fsp3) is 0.208. The summed E-state index contributed by atoms with van der Waals surface area (Å²) in [6, 6.07) is 6.85. The van der Waals surface area contributed by atoms with Crippen LogP contribution in [0.3, 0.4) is 0 Å². The van der Waals surface area contributed by atoms with Crippen LogP contribution in [0.1, 0.15) is 23.7 Å². The molecule has 196 valence electrons. The van der Waals surface area contributed by atoms with Gasteiger partial charge in [0.2, 0.25) is 0 Å². The van der Waals surface area contributed by atoms with Crippen LogP contribution in [0.5, 0.6) is 11.5 Å². The number of hydrogen-bond acceptors (Lipinski definition) is 5. The normalized spacial score (nSPS) is 12.1. The largest absolute Gasteiger partial charge is 0.573 e. The molecule has 3 rings (SSSR count). The number of benzene rings is 2. The first-order valence-corrected chi connectivity index (χ1v) is 10.6. The van der Waals surface area contributed by atoms with Crippen molar-refractivity contribution in [1.29, 1.82) is 0 Å². The zero-order chi connectivity index (χ0) is 27.5. The first-order valence-electron chi connectivity index (χ1n) is 10.6. The first kappa shape index (κ1) is 27.0. The molecule has 0 spiro atoms. The highest BCUT2D eigenvalue weighted by atomic mass is 19.4. The van der Waals surface area contributed by atoms with E-state index >= 15 is 0 Å². The molecule has 0 fully saturated rings. The van der Waals surface area contributed by atoms with E-state index in [1.54, 1.807) is 6.92 Å². The maximum atomic E-state index is 14.5. The standard InChI is InChI=1S/C24H21F4N3O6/c1-12-6-19(32)21(22(35)31(12)2)30-23(36)29-18(11-20(33)34)15-7-14(8-16(25)9-15)13-4-3-5-17(10-13)37-24(26,27)28/h3-10,18,32H,11H2,1-2H3,(H,33,34)(H2,29,30,36)/t18-/m0/s1. The molecule has 0 aliphatic heterocycles. The molecule has 1 heterocycles. The third kappa shape index (κ3) is 6.99. The molecule has 1 atom stereocenters. The number of aliphatic carboxylic acids is 1. The van der Waals surface area contributed by atoms with Gasteiger partial charge in [0.05, 0.1) is 12.5 Å². The predicted octanol–water partition coefficient (Wildman–Crippen LogP) is 4.44. The van der Waals surface area contributed by atoms with E-state index in [2.05, 4.69) is 15.4 Å². The maximum Gasteiger partial charge on any atom is 0.573 e. The van der Waals surface area contributed by atoms with E-state index in [9.17, 15) is 42.2 Å². The van der Waals surface area contributed by atoms with Crippen molar-refractivity contribution in [2.24, 2.45) is 7.05 Å². The molecule has 1 aromatic heterocycles. The predicted molar refractivity (Wildman–Crippen MR) is 124 cm³/mol. The summed E-state index contributed by atoms with van der Waals surface area (Å²) in [6.07, 6.45) is -5.64. The van der Waals surface area contributed by atoms with E-state index in [1.807, 2.05) is 0 Å². The van der Waals surface area contributed by atoms with Crippen molar-refractivity contribution < 1.29 is 42.1 Å². The molecule has 2 aromatic carbocycles. The Labute approximate surface area is 206 Å². The Hall–Kier alpha value is -4.55. The highest BCUT2D eigenvalue weighted by Gasteiger charge is 2.31. The third-order valence-electron chi connectivity index (χ3n) is 5.30. The van der Waals surface area contributed by atoms with Crippen molar-refractivity contribution in [3.8, 4) is 22.6 Å². The highest BCUT2D eigenvalue weighted by Crippen LogP contribution is 2.31. The topological polar surface area (TPSA) is 130 Å². The van der Waals surface area contributed by atoms with Crippen LogP contribution in [0, 0.1) is 12.7 Å². The van der Waals surface area contributed by atoms with E-state index in [-0.39, 0.29) is 16.7 Å². The molecule has 0 saturated carbocycles. The Balaban J connectivity index is 1.93. The van der Waals surface area contributed by atoms with Gasteiger partial charge in [-0.1, -0.05) is 12.1 Å². The number of nitrogens with zero attached hydrogens (tertiary/aromatic N) is 1. The van der Waals surface area contributed by atoms with Gasteiger partial charge in [-0.3, -0.25) is 9.59 Å². The molecule has 3 aromatic rings. The van der Waals surface area contributed by atoms with Crippen LogP contribution in [0.2, 0.25) is 0 Å². The van der Waals surface area contributed by atoms with Crippen molar-refractivity contribution in [1.82, 2.24) is 9.88 Å². The number of carboxylic acids is 1. The fourth-order valence-corrected chi connectivity index (χ4v) is 3.51. The summed E-state index contributed by atoms with van der Waals surface area (Å²) in [5.74, 6) is -3.27. The smallest absolute Gasteiger partial charge is 0.505 e. The van der Waals surface area contributed by atoms with E-state index in [0.717, 1.165) is 24.3 Å². The monoisotopic (exact) mass is 523 g/mol. The number of aromatic nitrogens is 1. The number of urea groups is 1. The van der Waals surface area contributed by atoms with Crippen molar-refractivity contribution in [3.05, 3.63) is 76.0 Å². The molecule has 0 unspecified atom stereocenters. The Morgan fingerprint density at radius 3 is 2.46 bits per heavy atom. The van der Waals surface area contributed by atoms with Gasteiger partial charge in [0.15, 0.2) is 5.69 Å². The summed E-state index contributed by atoms with van der Waals surface area (Å²) >= 11 is 0. The number of carbonyl (C=O) groups is 2. The summed E-state index contributed by atoms with van der Waals surface area (Å²) in [5.41, 5.74) is -0.568. The number of carboxylic acid groups (broad SMARTS) is 1. The van der Waals surface area contributed by atoms with Crippen LogP contribution in [-0.4, -0.2) is 33.1 Å². The number of amides is 2. The molecule has 2 amide bonds. The fourth-order valence-electron chi connectivity index (χ4n) is 3.51. The molecule has 0 radical (unpaired) electrons. The summed E-state index contributed by atoms with van der Waals surface area (Å²) in [4.78, 5) is 36.4. The second-order valence-corrected chi connectivity index (χ2v) is 8.01. The van der Waals surface area contributed by atoms with Crippen molar-refractivity contribution in [3.63, 3.8) is 0 Å². The minimum atomic E-state index is -4.94. The summed E-state index contributed by atoms with van der Waals surface area (Å²) in [6.45, 7) is 1.56. The van der Waals surface area contributed by atoms with E-state index < -0.39 is 59.4 Å². The summed E-state index contributed by atoms with van der Waals surface area (Å²) < 4.78 is 57.3. The van der Waals surface area contributed by atoms with Crippen LogP contribution >= 0.6 is 0 Å². The van der Waals surface area contributed by atoms with Gasteiger partial charge in [0.25, 0.3) is 5.56 Å². The molecule has 0 bridgehead atoms. The Bertz CT molecular complexity index is 1400. The maximum absolute atomic E-state index is 14.5. The van der Waals surface area contributed by atoms with Gasteiger partial charge in [-0.2, -0.15) is 0 Å². The van der Waals surface area contributed by atoms with E-state index in [4.69, 9.17) is 0 Å². The van der Waals surface area contributed by atoms with Crippen LogP contribution in [0.15, 0.2) is 53.3 Å². The van der Waals surface area contributed by atoms with Gasteiger partial charge in [-0.05, 0) is 53.9 Å². The molecule has 13 heteroatoms. The number of nitrogens with one attached hydrogen (secondary N) is 2. The Morgan fingerprint density at radius 2 is 1.81 bits per heavy atom. The zero-order valence-electron chi connectivity index (χ0n) is 19.4. The van der Waals surface area contributed by atoms with E-state index in [1.165, 1.54) is 35.9 Å². The van der Waals surface area contributed by atoms with Crippen LogP contribution in [-0.2, 0) is 11.8 Å². The average molecular weight is 523 g/mol. The van der Waals surface area contributed by atoms with Gasteiger partial charge in [0.1, 0.15) is 17.3 Å². The lowest BCUT2D eigenvalue weighted by Gasteiger charge is -2.20. The number of carbonyl (C=O) groups excluding carboxylic acids is 1. The number of pyridine rings is 1. The first-order chi connectivity index (χ1) is 17.2. The lowest BCUT2D eigenvalue weighted by atomic mass is 9.97. The van der Waals surface area contributed by atoms with Gasteiger partial charge in [0, 0.05) is 18.8 Å². The Morgan fingerprint density at radius 1 is 1.11 bits per heavy atom. The van der Waals surface area contributed by atoms with Crippen LogP contribution in [0.25, 0.3) is 11.1 Å². The van der Waals surface area contributed by atoms with Gasteiger partial charge in [-0.25, -0.2) is 9.18 Å². The zero-order valence-corrected chi connectivity index (χ0v) is 19.4. The molecular formula is C24H21F4N3O6. The molecule has 0 saturated heterocycles. The van der Waals surface area contributed by atoms with Gasteiger partial charge < -0.3 is 30.2 Å². The second kappa shape index (κ2) is 10.6. The van der Waals surface area contributed by atoms with Crippen LogP contribution < -0.4 is 20.9 Å². The number of halogens is 4. The lowest BCUT2D eigenvalue weighted by Crippen LogP contribution is -2.36. The minimum Gasteiger partial charge on any atom is -0.505 e. The summed E-state index contributed by atoms with van der Waals surface area (Å²) in [5, 5.41) is 23.9. The number of ether oxygens (including phenoxy) is 1. The molecule has 0 aliphatic carbocycles. The minimum absolute atomic E-state index is 0.0178. The molecular weight excluding hydrogens is 502 g/mol. The molecule has 0 aliphatic rings. The van der Waals surface area contributed by atoms with Crippen LogP contribution in [0.4, 0.5) is 28.0 Å². The number of aryl methyl sites for hydroxylation is 1. The SMILES string of the molecule is Cc1cc(O)c(NC(=O)N[C@@H](CC(=O)O)c2cc(F)cc(-c3cccc(OC(F)(F)F)c3)c2)c(=O)n1C. The molecule has 9 nitrogen and oxygen atoms in total. The number of aromatic hydroxyl groups is 1. The number of hydrogen-bond donors (Lipinski definition) is 4. The average Bonchev–Trinajstić information content (AvgIpc) is 2.78. The quantitative estimate of drug-likeness (QED) is 0.339. The summed E-state index contributed by atoms with van der Waals surface area (Å²) in [7, 11) is 1.41. The van der Waals surface area contributed by atoms with Gasteiger partial charge >= 0.3 is 18.4 Å². The number of rotatable bonds is 7. The number of alkyl halides is 3. The van der Waals surface area contributed by atoms with E-state index in [0.29, 0.717) is 5.69 Å². The number of anilines is 1. The lowest BCUT2D eigenvalue weighted by molar-refractivity contribution is -0.274. The molecule has 37 heavy (non-hydrogen) atoms.